The van der Waals surface area contributed by atoms with E-state index >= 15 is 0 Å². The molecule has 10 nitrogen and oxygen atoms in total. The van der Waals surface area contributed by atoms with Gasteiger partial charge in [-0.2, -0.15) is 25.5 Å². The summed E-state index contributed by atoms with van der Waals surface area (Å²) in [6.45, 7) is 0.00538. The van der Waals surface area contributed by atoms with Crippen LogP contribution in [0.2, 0.25) is 5.02 Å². The second kappa shape index (κ2) is 6.93. The number of aromatic nitrogens is 5. The van der Waals surface area contributed by atoms with Gasteiger partial charge in [0.1, 0.15) is 12.1 Å². The molecular formula is C15H11ClN10. The quantitative estimate of drug-likeness (QED) is 0.617. The summed E-state index contributed by atoms with van der Waals surface area (Å²) >= 11 is 5.85. The number of hydrogen-bond acceptors (Lipinski definition) is 9. The van der Waals surface area contributed by atoms with Crippen LogP contribution in [0.5, 0.6) is 0 Å². The van der Waals surface area contributed by atoms with Crippen molar-refractivity contribution in [1.82, 2.24) is 24.5 Å². The van der Waals surface area contributed by atoms with E-state index < -0.39 is 0 Å². The number of nitrogens with one attached hydrogen (secondary N) is 1. The molecule has 0 radical (unpaired) electrons. The number of nitriles is 2. The molecule has 0 bridgehead atoms. The Bertz CT molecular complexity index is 1040. The number of halogens is 1. The van der Waals surface area contributed by atoms with Crippen LogP contribution in [0.3, 0.4) is 0 Å². The predicted molar refractivity (Wildman–Crippen MR) is 94.1 cm³/mol. The average Bonchev–Trinajstić information content (AvgIpc) is 2.91. The van der Waals surface area contributed by atoms with Crippen LogP contribution in [0, 0.1) is 22.7 Å². The minimum Gasteiger partial charge on any atom is -0.369 e. The Balaban J connectivity index is 1.92. The Morgan fingerprint density at radius 2 is 1.77 bits per heavy atom. The topological polar surface area (TPSA) is 168 Å². The summed E-state index contributed by atoms with van der Waals surface area (Å²) in [4.78, 5) is 16.2. The highest BCUT2D eigenvalue weighted by Crippen LogP contribution is 2.18. The fourth-order valence-electron chi connectivity index (χ4n) is 2.19. The fourth-order valence-corrected chi connectivity index (χ4v) is 2.32. The maximum atomic E-state index is 9.23. The molecule has 0 aliphatic carbocycles. The Hall–Kier alpha value is -3.89. The van der Waals surface area contributed by atoms with E-state index in [2.05, 4.69) is 25.3 Å². The van der Waals surface area contributed by atoms with Crippen molar-refractivity contribution in [1.29, 1.82) is 10.5 Å². The molecule has 0 unspecified atom stereocenters. The van der Waals surface area contributed by atoms with Crippen LogP contribution in [0.1, 0.15) is 17.2 Å². The Morgan fingerprint density at radius 1 is 1.04 bits per heavy atom. The zero-order valence-electron chi connectivity index (χ0n) is 13.2. The minimum atomic E-state index is -0.0634. The zero-order valence-corrected chi connectivity index (χ0v) is 13.9. The van der Waals surface area contributed by atoms with Crippen molar-refractivity contribution >= 4 is 35.1 Å². The number of rotatable bonds is 4. The first-order chi connectivity index (χ1) is 12.5. The summed E-state index contributed by atoms with van der Waals surface area (Å²) in [7, 11) is 0. The van der Waals surface area contributed by atoms with Crippen molar-refractivity contribution in [2.24, 2.45) is 0 Å². The van der Waals surface area contributed by atoms with Crippen LogP contribution < -0.4 is 16.8 Å². The zero-order chi connectivity index (χ0) is 18.7. The van der Waals surface area contributed by atoms with E-state index in [-0.39, 0.29) is 41.6 Å². The molecule has 0 fully saturated rings. The first kappa shape index (κ1) is 17.0. The number of nitrogens with two attached hydrogens (primary N) is 2. The first-order valence-electron chi connectivity index (χ1n) is 7.19. The lowest BCUT2D eigenvalue weighted by Gasteiger charge is -2.09. The van der Waals surface area contributed by atoms with Gasteiger partial charge in [0.25, 0.3) is 0 Å². The van der Waals surface area contributed by atoms with Crippen molar-refractivity contribution in [2.45, 2.75) is 6.54 Å². The van der Waals surface area contributed by atoms with Crippen LogP contribution >= 0.6 is 11.6 Å². The van der Waals surface area contributed by atoms with Gasteiger partial charge in [0.2, 0.25) is 17.8 Å². The second-order valence-electron chi connectivity index (χ2n) is 5.04. The normalized spacial score (nSPS) is 10.1. The molecule has 5 N–H and O–H groups in total. The summed E-state index contributed by atoms with van der Waals surface area (Å²) in [5.74, 6) is 0.458. The standard InChI is InChI=1S/C15H11ClN10/c16-8-1-3-9(4-2-8)21-15-24-12(23-13(19)25-15)7-26-11(6-18)10(5-17)22-14(26)20/h1-4H,7H2,(H2,20,22)(H3,19,21,23,24,25). The van der Waals surface area contributed by atoms with Gasteiger partial charge in [-0.25, -0.2) is 4.98 Å². The van der Waals surface area contributed by atoms with Crippen molar-refractivity contribution in [3.63, 3.8) is 0 Å². The Morgan fingerprint density at radius 3 is 2.42 bits per heavy atom. The fraction of sp³-hybridized carbons (Fsp3) is 0.0667. The van der Waals surface area contributed by atoms with Gasteiger partial charge in [0.05, 0.1) is 6.54 Å². The number of nitrogen functional groups attached to an aromatic ring is 2. The van der Waals surface area contributed by atoms with Gasteiger partial charge in [0.15, 0.2) is 17.2 Å². The minimum absolute atomic E-state index is 0.00398. The molecule has 0 saturated heterocycles. The summed E-state index contributed by atoms with van der Waals surface area (Å²) in [5.41, 5.74) is 12.2. The highest BCUT2D eigenvalue weighted by molar-refractivity contribution is 6.30. The molecule has 0 spiro atoms. The molecule has 0 amide bonds. The van der Waals surface area contributed by atoms with Gasteiger partial charge in [-0.05, 0) is 24.3 Å². The molecule has 26 heavy (non-hydrogen) atoms. The molecular weight excluding hydrogens is 356 g/mol. The van der Waals surface area contributed by atoms with E-state index in [1.165, 1.54) is 4.57 Å². The lowest BCUT2D eigenvalue weighted by molar-refractivity contribution is 0.741. The van der Waals surface area contributed by atoms with Gasteiger partial charge in [-0.1, -0.05) is 11.6 Å². The maximum Gasteiger partial charge on any atom is 0.232 e. The van der Waals surface area contributed by atoms with Crippen LogP contribution in [-0.2, 0) is 6.54 Å². The molecule has 0 atom stereocenters. The molecule has 1 aromatic carbocycles. The molecule has 11 heteroatoms. The average molecular weight is 367 g/mol. The summed E-state index contributed by atoms with van der Waals surface area (Å²) in [5, 5.41) is 21.8. The molecule has 2 aromatic heterocycles. The smallest absolute Gasteiger partial charge is 0.232 e. The molecule has 128 valence electrons. The van der Waals surface area contributed by atoms with Gasteiger partial charge in [0, 0.05) is 10.7 Å². The molecule has 0 aliphatic rings. The summed E-state index contributed by atoms with van der Waals surface area (Å²) < 4.78 is 1.33. The third-order valence-corrected chi connectivity index (χ3v) is 3.56. The van der Waals surface area contributed by atoms with Gasteiger partial charge in [-0.3, -0.25) is 4.57 Å². The van der Waals surface area contributed by atoms with Crippen molar-refractivity contribution in [2.75, 3.05) is 16.8 Å². The van der Waals surface area contributed by atoms with Crippen molar-refractivity contribution in [3.05, 3.63) is 46.5 Å². The lowest BCUT2D eigenvalue weighted by Crippen LogP contribution is -2.13. The first-order valence-corrected chi connectivity index (χ1v) is 7.57. The second-order valence-corrected chi connectivity index (χ2v) is 5.48. The van der Waals surface area contributed by atoms with E-state index in [1.807, 2.05) is 12.1 Å². The number of imidazole rings is 1. The summed E-state index contributed by atoms with van der Waals surface area (Å²) in [6, 6.07) is 10.6. The van der Waals surface area contributed by atoms with E-state index in [1.54, 1.807) is 24.3 Å². The van der Waals surface area contributed by atoms with E-state index in [0.717, 1.165) is 0 Å². The number of nitrogens with zero attached hydrogens (tertiary/aromatic N) is 7. The van der Waals surface area contributed by atoms with Crippen LogP contribution in [0.25, 0.3) is 0 Å². The van der Waals surface area contributed by atoms with Gasteiger partial charge in [-0.15, -0.1) is 0 Å². The SMILES string of the molecule is N#Cc1nc(N)n(Cc2nc(N)nc(Nc3ccc(Cl)cc3)n2)c1C#N. The van der Waals surface area contributed by atoms with E-state index in [9.17, 15) is 5.26 Å². The largest absolute Gasteiger partial charge is 0.369 e. The number of hydrogen-bond donors (Lipinski definition) is 3. The molecule has 3 rings (SSSR count). The monoisotopic (exact) mass is 366 g/mol. The summed E-state index contributed by atoms with van der Waals surface area (Å²) in [6.07, 6.45) is 0. The number of benzene rings is 1. The van der Waals surface area contributed by atoms with E-state index in [4.69, 9.17) is 28.3 Å². The van der Waals surface area contributed by atoms with Crippen LogP contribution in [0.4, 0.5) is 23.5 Å². The van der Waals surface area contributed by atoms with Gasteiger partial charge < -0.3 is 16.8 Å². The Kier molecular flexibility index (Phi) is 4.51. The third kappa shape index (κ3) is 3.45. The van der Waals surface area contributed by atoms with Crippen LogP contribution in [0.15, 0.2) is 24.3 Å². The molecule has 3 aromatic rings. The highest BCUT2D eigenvalue weighted by atomic mass is 35.5. The van der Waals surface area contributed by atoms with E-state index in [0.29, 0.717) is 10.7 Å². The molecule has 0 saturated carbocycles. The van der Waals surface area contributed by atoms with Crippen molar-refractivity contribution in [3.8, 4) is 12.1 Å². The molecule has 0 aliphatic heterocycles. The van der Waals surface area contributed by atoms with Gasteiger partial charge >= 0.3 is 0 Å². The maximum absolute atomic E-state index is 9.23. The highest BCUT2D eigenvalue weighted by Gasteiger charge is 2.17. The molecule has 2 heterocycles. The third-order valence-electron chi connectivity index (χ3n) is 3.31. The number of anilines is 4. The van der Waals surface area contributed by atoms with Crippen molar-refractivity contribution < 1.29 is 0 Å². The predicted octanol–water partition coefficient (Wildman–Crippen LogP) is 1.42. The van der Waals surface area contributed by atoms with Crippen LogP contribution in [-0.4, -0.2) is 24.5 Å². The Labute approximate surface area is 152 Å². The lowest BCUT2D eigenvalue weighted by atomic mass is 10.3.